The molecule has 2 nitrogen and oxygen atoms in total. The fourth-order valence-electron chi connectivity index (χ4n) is 1.68. The van der Waals surface area contributed by atoms with Gasteiger partial charge in [-0.1, -0.05) is 39.0 Å². The number of hydrogen-bond acceptors (Lipinski definition) is 2. The van der Waals surface area contributed by atoms with Crippen LogP contribution in [-0.2, 0) is 5.41 Å². The number of rotatable bonds is 4. The minimum absolute atomic E-state index is 0.0708. The molecular formula is C16H23NO. The average molecular weight is 245 g/mol. The summed E-state index contributed by atoms with van der Waals surface area (Å²) in [5.74, 6) is 0.929. The number of hydrogen-bond donors (Lipinski definition) is 0. The molecule has 0 saturated heterocycles. The second-order valence-corrected chi connectivity index (χ2v) is 6.34. The van der Waals surface area contributed by atoms with Crippen molar-refractivity contribution in [3.05, 3.63) is 29.8 Å². The maximum atomic E-state index is 8.97. The van der Waals surface area contributed by atoms with Crippen molar-refractivity contribution in [2.75, 3.05) is 6.61 Å². The summed E-state index contributed by atoms with van der Waals surface area (Å²) in [5, 5.41) is 8.97. The van der Waals surface area contributed by atoms with Crippen LogP contribution in [0.3, 0.4) is 0 Å². The van der Waals surface area contributed by atoms with Gasteiger partial charge in [0.2, 0.25) is 0 Å². The molecular weight excluding hydrogens is 222 g/mol. The van der Waals surface area contributed by atoms with Crippen LogP contribution in [0.5, 0.6) is 5.75 Å². The topological polar surface area (TPSA) is 33.0 Å². The van der Waals surface area contributed by atoms with Gasteiger partial charge in [-0.05, 0) is 37.3 Å². The minimum atomic E-state index is -0.323. The van der Waals surface area contributed by atoms with Crippen LogP contribution in [0, 0.1) is 16.7 Å². The van der Waals surface area contributed by atoms with E-state index in [1.54, 1.807) is 0 Å². The second-order valence-electron chi connectivity index (χ2n) is 6.34. The third kappa shape index (κ3) is 4.07. The van der Waals surface area contributed by atoms with Gasteiger partial charge in [-0.3, -0.25) is 0 Å². The van der Waals surface area contributed by atoms with Crippen LogP contribution < -0.4 is 4.74 Å². The van der Waals surface area contributed by atoms with E-state index in [2.05, 4.69) is 32.9 Å². The number of benzene rings is 1. The lowest BCUT2D eigenvalue weighted by molar-refractivity contribution is 0.259. The van der Waals surface area contributed by atoms with Gasteiger partial charge in [0.15, 0.2) is 0 Å². The molecule has 0 atom stereocenters. The fraction of sp³-hybridized carbons (Fsp3) is 0.562. The van der Waals surface area contributed by atoms with Crippen molar-refractivity contribution in [3.63, 3.8) is 0 Å². The Morgan fingerprint density at radius 3 is 2.28 bits per heavy atom. The van der Waals surface area contributed by atoms with Crippen molar-refractivity contribution >= 4 is 0 Å². The zero-order chi connectivity index (χ0) is 13.8. The van der Waals surface area contributed by atoms with Crippen LogP contribution in [0.2, 0.25) is 0 Å². The van der Waals surface area contributed by atoms with Crippen LogP contribution in [0.1, 0.15) is 46.6 Å². The van der Waals surface area contributed by atoms with Gasteiger partial charge >= 0.3 is 0 Å². The monoisotopic (exact) mass is 245 g/mol. The molecule has 1 aromatic rings. The molecule has 2 heteroatoms. The Bertz CT molecular complexity index is 435. The largest absolute Gasteiger partial charge is 0.493 e. The van der Waals surface area contributed by atoms with Gasteiger partial charge in [0.25, 0.3) is 0 Å². The van der Waals surface area contributed by atoms with E-state index in [-0.39, 0.29) is 10.8 Å². The van der Waals surface area contributed by atoms with Crippen molar-refractivity contribution in [1.29, 1.82) is 5.26 Å². The van der Waals surface area contributed by atoms with Gasteiger partial charge < -0.3 is 4.74 Å². The first-order valence-electron chi connectivity index (χ1n) is 6.40. The van der Waals surface area contributed by atoms with Crippen molar-refractivity contribution in [3.8, 4) is 11.8 Å². The van der Waals surface area contributed by atoms with E-state index < -0.39 is 0 Å². The molecule has 1 aromatic carbocycles. The molecule has 98 valence electrons. The standard InChI is InChI=1S/C16H23NO/c1-15(2,3)13-8-6-7-9-14(13)18-11-10-16(4,5)12-17/h6-9H,10-11H2,1-5H3. The molecule has 0 N–H and O–H groups in total. The molecule has 0 aliphatic carbocycles. The predicted octanol–water partition coefficient (Wildman–Crippen LogP) is 4.30. The van der Waals surface area contributed by atoms with E-state index in [1.807, 2.05) is 32.0 Å². The van der Waals surface area contributed by atoms with Gasteiger partial charge in [0, 0.05) is 0 Å². The molecule has 0 aromatic heterocycles. The van der Waals surface area contributed by atoms with Crippen molar-refractivity contribution in [2.24, 2.45) is 5.41 Å². The van der Waals surface area contributed by atoms with E-state index >= 15 is 0 Å². The Labute approximate surface area is 111 Å². The highest BCUT2D eigenvalue weighted by molar-refractivity contribution is 5.38. The van der Waals surface area contributed by atoms with E-state index in [1.165, 1.54) is 5.56 Å². The molecule has 0 aliphatic heterocycles. The van der Waals surface area contributed by atoms with E-state index in [9.17, 15) is 0 Å². The average Bonchev–Trinajstić information content (AvgIpc) is 2.28. The van der Waals surface area contributed by atoms with Crippen LogP contribution in [-0.4, -0.2) is 6.61 Å². The number of nitrogens with zero attached hydrogens (tertiary/aromatic N) is 1. The summed E-state index contributed by atoms with van der Waals surface area (Å²) in [7, 11) is 0. The molecule has 1 rings (SSSR count). The first-order valence-corrected chi connectivity index (χ1v) is 6.40. The molecule has 0 spiro atoms. The highest BCUT2D eigenvalue weighted by Gasteiger charge is 2.20. The molecule has 0 radical (unpaired) electrons. The first kappa shape index (κ1) is 14.6. The Morgan fingerprint density at radius 2 is 1.72 bits per heavy atom. The smallest absolute Gasteiger partial charge is 0.123 e. The Kier molecular flexibility index (Phi) is 4.40. The van der Waals surface area contributed by atoms with Gasteiger partial charge in [-0.25, -0.2) is 0 Å². The Morgan fingerprint density at radius 1 is 1.11 bits per heavy atom. The summed E-state index contributed by atoms with van der Waals surface area (Å²) in [6, 6.07) is 10.4. The van der Waals surface area contributed by atoms with E-state index in [0.717, 1.165) is 12.2 Å². The summed E-state index contributed by atoms with van der Waals surface area (Å²) in [6.07, 6.45) is 0.738. The minimum Gasteiger partial charge on any atom is -0.493 e. The molecule has 0 aliphatic rings. The third-order valence-corrected chi connectivity index (χ3v) is 2.98. The SMILES string of the molecule is CC(C)(C#N)CCOc1ccccc1C(C)(C)C. The maximum absolute atomic E-state index is 8.97. The van der Waals surface area contributed by atoms with Gasteiger partial charge in [-0.2, -0.15) is 5.26 Å². The normalized spacial score (nSPS) is 12.0. The van der Waals surface area contributed by atoms with Crippen molar-refractivity contribution < 1.29 is 4.74 Å². The lowest BCUT2D eigenvalue weighted by atomic mass is 9.86. The Balaban J connectivity index is 2.72. The highest BCUT2D eigenvalue weighted by atomic mass is 16.5. The molecule has 0 fully saturated rings. The molecule has 18 heavy (non-hydrogen) atoms. The maximum Gasteiger partial charge on any atom is 0.123 e. The summed E-state index contributed by atoms with van der Waals surface area (Å²) in [4.78, 5) is 0. The van der Waals surface area contributed by atoms with Gasteiger partial charge in [0.05, 0.1) is 18.1 Å². The van der Waals surface area contributed by atoms with E-state index in [4.69, 9.17) is 10.00 Å². The van der Waals surface area contributed by atoms with Crippen molar-refractivity contribution in [1.82, 2.24) is 0 Å². The third-order valence-electron chi connectivity index (χ3n) is 2.98. The van der Waals surface area contributed by atoms with Crippen molar-refractivity contribution in [2.45, 2.75) is 46.5 Å². The summed E-state index contributed by atoms with van der Waals surface area (Å²) in [5.41, 5.74) is 0.956. The molecule has 0 heterocycles. The molecule has 0 unspecified atom stereocenters. The van der Waals surface area contributed by atoms with Crippen LogP contribution in [0.15, 0.2) is 24.3 Å². The number of para-hydroxylation sites is 1. The zero-order valence-corrected chi connectivity index (χ0v) is 12.1. The lowest BCUT2D eigenvalue weighted by Gasteiger charge is -2.23. The molecule has 0 saturated carbocycles. The summed E-state index contributed by atoms with van der Waals surface area (Å²) in [6.45, 7) is 11.0. The molecule has 0 amide bonds. The fourth-order valence-corrected chi connectivity index (χ4v) is 1.68. The van der Waals surface area contributed by atoms with Gasteiger partial charge in [-0.15, -0.1) is 0 Å². The van der Waals surface area contributed by atoms with E-state index in [0.29, 0.717) is 6.61 Å². The Hall–Kier alpha value is -1.49. The number of ether oxygens (including phenoxy) is 1. The quantitative estimate of drug-likeness (QED) is 0.792. The first-order chi connectivity index (χ1) is 8.26. The summed E-state index contributed by atoms with van der Waals surface area (Å²) >= 11 is 0. The van der Waals surface area contributed by atoms with Gasteiger partial charge in [0.1, 0.15) is 5.75 Å². The number of nitriles is 1. The van der Waals surface area contributed by atoms with Crippen LogP contribution in [0.25, 0.3) is 0 Å². The van der Waals surface area contributed by atoms with Crippen LogP contribution in [0.4, 0.5) is 0 Å². The second kappa shape index (κ2) is 5.44. The zero-order valence-electron chi connectivity index (χ0n) is 12.1. The summed E-state index contributed by atoms with van der Waals surface area (Å²) < 4.78 is 5.85. The highest BCUT2D eigenvalue weighted by Crippen LogP contribution is 2.31. The lowest BCUT2D eigenvalue weighted by Crippen LogP contribution is -2.16. The predicted molar refractivity (Wildman–Crippen MR) is 74.6 cm³/mol. The van der Waals surface area contributed by atoms with Crippen LogP contribution >= 0.6 is 0 Å². The molecule has 0 bridgehead atoms.